The number of nitrogens with one attached hydrogen (secondary N) is 2. The summed E-state index contributed by atoms with van der Waals surface area (Å²) in [4.78, 5) is 10.2. The Labute approximate surface area is 102 Å². The Hall–Kier alpha value is -1.55. The molecule has 1 rings (SSSR count). The van der Waals surface area contributed by atoms with Crippen molar-refractivity contribution in [2.24, 2.45) is 5.92 Å². The Morgan fingerprint density at radius 2 is 1.94 bits per heavy atom. The van der Waals surface area contributed by atoms with Gasteiger partial charge in [-0.1, -0.05) is 26.0 Å². The van der Waals surface area contributed by atoms with Gasteiger partial charge in [-0.25, -0.2) is 0 Å². The highest BCUT2D eigenvalue weighted by Gasteiger charge is 2.11. The molecule has 3 N–H and O–H groups in total. The Bertz CT molecular complexity index is 336. The van der Waals surface area contributed by atoms with Crippen molar-refractivity contribution in [3.05, 3.63) is 29.8 Å². The second kappa shape index (κ2) is 6.91. The minimum atomic E-state index is 0.0638. The van der Waals surface area contributed by atoms with Crippen LogP contribution in [-0.4, -0.2) is 24.2 Å². The first-order valence-corrected chi connectivity index (χ1v) is 5.80. The lowest BCUT2D eigenvalue weighted by Gasteiger charge is -2.21. The van der Waals surface area contributed by atoms with Crippen molar-refractivity contribution in [2.45, 2.75) is 26.4 Å². The molecule has 1 aromatic rings. The van der Waals surface area contributed by atoms with Gasteiger partial charge in [-0.05, 0) is 23.6 Å². The molecule has 1 amide bonds. The maximum absolute atomic E-state index is 10.2. The standard InChI is InChI=1S/C13H20N2O2/c1-10(2)13(8-16)15-12-5-3-11(4-6-12)7-14-9-17/h3-6,9-10,13,15-16H,7-8H2,1-2H3,(H,14,17). The third kappa shape index (κ3) is 4.44. The van der Waals surface area contributed by atoms with Gasteiger partial charge in [0.25, 0.3) is 0 Å². The van der Waals surface area contributed by atoms with Crippen molar-refractivity contribution < 1.29 is 9.90 Å². The molecule has 0 aliphatic carbocycles. The number of benzene rings is 1. The van der Waals surface area contributed by atoms with E-state index >= 15 is 0 Å². The van der Waals surface area contributed by atoms with Crippen molar-refractivity contribution in [2.75, 3.05) is 11.9 Å². The molecule has 0 fully saturated rings. The number of anilines is 1. The molecule has 0 radical (unpaired) electrons. The van der Waals surface area contributed by atoms with Crippen molar-refractivity contribution in [3.63, 3.8) is 0 Å². The molecule has 94 valence electrons. The smallest absolute Gasteiger partial charge is 0.207 e. The van der Waals surface area contributed by atoms with Crippen molar-refractivity contribution in [3.8, 4) is 0 Å². The Morgan fingerprint density at radius 3 is 2.41 bits per heavy atom. The molecule has 0 aromatic heterocycles. The van der Waals surface area contributed by atoms with E-state index < -0.39 is 0 Å². The summed E-state index contributed by atoms with van der Waals surface area (Å²) >= 11 is 0. The van der Waals surface area contributed by atoms with Gasteiger partial charge < -0.3 is 15.7 Å². The lowest BCUT2D eigenvalue weighted by Crippen LogP contribution is -2.29. The maximum Gasteiger partial charge on any atom is 0.207 e. The summed E-state index contributed by atoms with van der Waals surface area (Å²) in [6.07, 6.45) is 0.687. The van der Waals surface area contributed by atoms with E-state index in [1.54, 1.807) is 0 Å². The van der Waals surface area contributed by atoms with E-state index in [2.05, 4.69) is 24.5 Å². The molecule has 0 aliphatic rings. The largest absolute Gasteiger partial charge is 0.394 e. The highest BCUT2D eigenvalue weighted by molar-refractivity contribution is 5.48. The van der Waals surface area contributed by atoms with Gasteiger partial charge >= 0.3 is 0 Å². The third-order valence-electron chi connectivity index (χ3n) is 2.70. The van der Waals surface area contributed by atoms with Crippen LogP contribution in [0.15, 0.2) is 24.3 Å². The number of carbonyl (C=O) groups excluding carboxylic acids is 1. The van der Waals surface area contributed by atoms with E-state index in [-0.39, 0.29) is 12.6 Å². The van der Waals surface area contributed by atoms with Crippen LogP contribution in [0.2, 0.25) is 0 Å². The molecule has 0 saturated carbocycles. The molecule has 4 nitrogen and oxygen atoms in total. The van der Waals surface area contributed by atoms with Gasteiger partial charge in [-0.2, -0.15) is 0 Å². The third-order valence-corrected chi connectivity index (χ3v) is 2.70. The summed E-state index contributed by atoms with van der Waals surface area (Å²) in [5, 5.41) is 15.1. The fourth-order valence-corrected chi connectivity index (χ4v) is 1.52. The van der Waals surface area contributed by atoms with Gasteiger partial charge in [-0.15, -0.1) is 0 Å². The number of rotatable bonds is 7. The molecule has 0 saturated heterocycles. The van der Waals surface area contributed by atoms with Gasteiger partial charge in [0, 0.05) is 12.2 Å². The zero-order chi connectivity index (χ0) is 12.7. The maximum atomic E-state index is 10.2. The number of aliphatic hydroxyl groups is 1. The summed E-state index contributed by atoms with van der Waals surface area (Å²) in [6, 6.07) is 7.87. The molecule has 0 heterocycles. The molecule has 0 bridgehead atoms. The van der Waals surface area contributed by atoms with Crippen LogP contribution >= 0.6 is 0 Å². The molecule has 0 spiro atoms. The summed E-state index contributed by atoms with van der Waals surface area (Å²) < 4.78 is 0. The molecule has 17 heavy (non-hydrogen) atoms. The van der Waals surface area contributed by atoms with E-state index in [0.29, 0.717) is 18.9 Å². The molecular formula is C13H20N2O2. The molecule has 1 aromatic carbocycles. The lowest BCUT2D eigenvalue weighted by atomic mass is 10.0. The fourth-order valence-electron chi connectivity index (χ4n) is 1.52. The van der Waals surface area contributed by atoms with Crippen molar-refractivity contribution in [1.29, 1.82) is 0 Å². The van der Waals surface area contributed by atoms with Crippen LogP contribution in [0.3, 0.4) is 0 Å². The van der Waals surface area contributed by atoms with Gasteiger partial charge in [0.2, 0.25) is 6.41 Å². The normalized spacial score (nSPS) is 12.2. The number of carbonyl (C=O) groups is 1. The molecule has 1 unspecified atom stereocenters. The number of hydrogen-bond donors (Lipinski definition) is 3. The van der Waals surface area contributed by atoms with E-state index in [4.69, 9.17) is 0 Å². The summed E-state index contributed by atoms with van der Waals surface area (Å²) in [5.41, 5.74) is 2.03. The Morgan fingerprint density at radius 1 is 1.29 bits per heavy atom. The molecular weight excluding hydrogens is 216 g/mol. The Balaban J connectivity index is 2.57. The summed E-state index contributed by atoms with van der Waals surface area (Å²) in [6.45, 7) is 4.79. The van der Waals surface area contributed by atoms with Crippen LogP contribution in [0.4, 0.5) is 5.69 Å². The van der Waals surface area contributed by atoms with E-state index in [1.807, 2.05) is 24.3 Å². The average Bonchev–Trinajstić information content (AvgIpc) is 2.34. The van der Waals surface area contributed by atoms with Crippen LogP contribution in [0.25, 0.3) is 0 Å². The van der Waals surface area contributed by atoms with Crippen LogP contribution in [0.5, 0.6) is 0 Å². The average molecular weight is 236 g/mol. The SMILES string of the molecule is CC(C)C(CO)Nc1ccc(CNC=O)cc1. The van der Waals surface area contributed by atoms with Gasteiger partial charge in [-0.3, -0.25) is 4.79 Å². The lowest BCUT2D eigenvalue weighted by molar-refractivity contribution is -0.109. The zero-order valence-corrected chi connectivity index (χ0v) is 10.3. The van der Waals surface area contributed by atoms with Crippen molar-refractivity contribution in [1.82, 2.24) is 5.32 Å². The predicted molar refractivity (Wildman–Crippen MR) is 68.7 cm³/mol. The van der Waals surface area contributed by atoms with Crippen LogP contribution in [0, 0.1) is 5.92 Å². The molecule has 0 aliphatic heterocycles. The number of hydrogen-bond acceptors (Lipinski definition) is 3. The number of aliphatic hydroxyl groups excluding tert-OH is 1. The van der Waals surface area contributed by atoms with Gasteiger partial charge in [0.15, 0.2) is 0 Å². The second-order valence-corrected chi connectivity index (χ2v) is 4.37. The zero-order valence-electron chi connectivity index (χ0n) is 10.3. The number of amides is 1. The molecule has 4 heteroatoms. The summed E-state index contributed by atoms with van der Waals surface area (Å²) in [7, 11) is 0. The Kier molecular flexibility index (Phi) is 5.49. The van der Waals surface area contributed by atoms with Crippen molar-refractivity contribution >= 4 is 12.1 Å². The van der Waals surface area contributed by atoms with Gasteiger partial charge in [0.1, 0.15) is 0 Å². The summed E-state index contributed by atoms with van der Waals surface area (Å²) in [5.74, 6) is 0.372. The van der Waals surface area contributed by atoms with Crippen LogP contribution in [-0.2, 0) is 11.3 Å². The first kappa shape index (κ1) is 13.5. The molecule has 1 atom stereocenters. The first-order valence-electron chi connectivity index (χ1n) is 5.80. The first-order chi connectivity index (χ1) is 8.17. The van der Waals surface area contributed by atoms with E-state index in [1.165, 1.54) is 0 Å². The van der Waals surface area contributed by atoms with Crippen LogP contribution in [0.1, 0.15) is 19.4 Å². The fraction of sp³-hybridized carbons (Fsp3) is 0.462. The van der Waals surface area contributed by atoms with E-state index in [9.17, 15) is 9.90 Å². The topological polar surface area (TPSA) is 61.4 Å². The highest BCUT2D eigenvalue weighted by Crippen LogP contribution is 2.13. The van der Waals surface area contributed by atoms with Gasteiger partial charge in [0.05, 0.1) is 12.6 Å². The van der Waals surface area contributed by atoms with Crippen LogP contribution < -0.4 is 10.6 Å². The highest BCUT2D eigenvalue weighted by atomic mass is 16.3. The minimum Gasteiger partial charge on any atom is -0.394 e. The predicted octanol–water partition coefficient (Wildman–Crippen LogP) is 1.36. The van der Waals surface area contributed by atoms with E-state index in [0.717, 1.165) is 11.3 Å². The quantitative estimate of drug-likeness (QED) is 0.626. The minimum absolute atomic E-state index is 0.0638. The second-order valence-electron chi connectivity index (χ2n) is 4.37. The monoisotopic (exact) mass is 236 g/mol.